The van der Waals surface area contributed by atoms with E-state index in [4.69, 9.17) is 39.8 Å². The molecule has 2 heterocycles. The van der Waals surface area contributed by atoms with Gasteiger partial charge >= 0.3 is 0 Å². The fourth-order valence-electron chi connectivity index (χ4n) is 4.06. The number of nitrogens with zero attached hydrogens (tertiary/aromatic N) is 2. The van der Waals surface area contributed by atoms with Gasteiger partial charge in [-0.2, -0.15) is 0 Å². The van der Waals surface area contributed by atoms with Crippen molar-refractivity contribution < 1.29 is 14.0 Å². The lowest BCUT2D eigenvalue weighted by molar-refractivity contribution is -0.134. The summed E-state index contributed by atoms with van der Waals surface area (Å²) in [4.78, 5) is 28.9. The molecule has 0 atom stereocenters. The van der Waals surface area contributed by atoms with Gasteiger partial charge in [-0.3, -0.25) is 14.9 Å². The molecule has 3 aromatic rings. The van der Waals surface area contributed by atoms with Crippen molar-refractivity contribution in [3.05, 3.63) is 69.9 Å². The van der Waals surface area contributed by atoms with Crippen molar-refractivity contribution in [3.63, 3.8) is 0 Å². The molecule has 2 aromatic carbocycles. The molecule has 4 rings (SSSR count). The molecule has 1 aromatic heterocycles. The fraction of sp³-hybridized carbons (Fsp3) is 0.296. The molecular formula is C27H28Cl2N4O3S. The van der Waals surface area contributed by atoms with Crippen LogP contribution in [0.4, 0.5) is 11.4 Å². The van der Waals surface area contributed by atoms with Gasteiger partial charge in [-0.15, -0.1) is 0 Å². The number of rotatable bonds is 5. The average Bonchev–Trinajstić information content (AvgIpc) is 3.36. The van der Waals surface area contributed by atoms with Crippen molar-refractivity contribution in [1.82, 2.24) is 10.2 Å². The molecule has 2 amide bonds. The monoisotopic (exact) mass is 558 g/mol. The quantitative estimate of drug-likeness (QED) is 0.374. The van der Waals surface area contributed by atoms with Gasteiger partial charge in [0.2, 0.25) is 5.91 Å². The number of thiocarbonyl (C=S) groups is 1. The van der Waals surface area contributed by atoms with Gasteiger partial charge in [0.15, 0.2) is 10.9 Å². The zero-order valence-corrected chi connectivity index (χ0v) is 23.1. The third kappa shape index (κ3) is 6.44. The van der Waals surface area contributed by atoms with Crippen LogP contribution in [0.25, 0.3) is 11.3 Å². The van der Waals surface area contributed by atoms with E-state index in [0.29, 0.717) is 47.7 Å². The highest BCUT2D eigenvalue weighted by Crippen LogP contribution is 2.30. The molecule has 7 nitrogen and oxygen atoms in total. The highest BCUT2D eigenvalue weighted by Gasteiger charge is 2.24. The second-order valence-electron chi connectivity index (χ2n) is 9.17. The molecule has 0 radical (unpaired) electrons. The minimum absolute atomic E-state index is 0.00745. The van der Waals surface area contributed by atoms with Crippen LogP contribution in [0.15, 0.2) is 52.9 Å². The highest BCUT2D eigenvalue weighted by molar-refractivity contribution is 7.80. The van der Waals surface area contributed by atoms with Crippen molar-refractivity contribution >= 4 is 63.7 Å². The van der Waals surface area contributed by atoms with Crippen LogP contribution in [0, 0.1) is 12.8 Å². The van der Waals surface area contributed by atoms with Crippen LogP contribution in [0.1, 0.15) is 30.0 Å². The van der Waals surface area contributed by atoms with Gasteiger partial charge in [0.05, 0.1) is 10.7 Å². The number of carbonyl (C=O) groups excluding carboxylic acids is 2. The Hall–Kier alpha value is -3.07. The van der Waals surface area contributed by atoms with E-state index in [-0.39, 0.29) is 22.7 Å². The lowest BCUT2D eigenvalue weighted by Gasteiger charge is -2.37. The topological polar surface area (TPSA) is 77.8 Å². The van der Waals surface area contributed by atoms with Crippen LogP contribution in [-0.2, 0) is 4.79 Å². The summed E-state index contributed by atoms with van der Waals surface area (Å²) in [7, 11) is 0. The molecule has 0 unspecified atom stereocenters. The standard InChI is InChI=1S/C27H28Cl2N4O3S/c1-16(2)26(35)33-12-10-32(11-13-33)22-7-6-19(15-21(22)29)30-27(37)31-25(34)24-9-8-23(36-24)18-5-4-17(3)20(28)14-18/h4-9,14-16H,10-13H2,1-3H3,(H2,30,31,34,37). The van der Waals surface area contributed by atoms with E-state index < -0.39 is 5.91 Å². The average molecular weight is 560 g/mol. The number of hydrogen-bond donors (Lipinski definition) is 2. The first kappa shape index (κ1) is 27.0. The third-order valence-corrected chi connectivity index (χ3v) is 7.06. The maximum absolute atomic E-state index is 12.6. The second kappa shape index (κ2) is 11.5. The van der Waals surface area contributed by atoms with Crippen molar-refractivity contribution in [2.75, 3.05) is 36.4 Å². The molecule has 0 spiro atoms. The van der Waals surface area contributed by atoms with E-state index in [2.05, 4.69) is 15.5 Å². The molecule has 1 aliphatic heterocycles. The third-order valence-electron chi connectivity index (χ3n) is 6.14. The fourth-order valence-corrected chi connectivity index (χ4v) is 4.75. The van der Waals surface area contributed by atoms with Gasteiger partial charge in [0.25, 0.3) is 5.91 Å². The molecule has 37 heavy (non-hydrogen) atoms. The number of aryl methyl sites for hydroxylation is 1. The zero-order valence-electron chi connectivity index (χ0n) is 20.8. The summed E-state index contributed by atoms with van der Waals surface area (Å²) in [6.45, 7) is 8.48. The Bertz CT molecular complexity index is 1330. The normalized spacial score (nSPS) is 13.6. The lowest BCUT2D eigenvalue weighted by Crippen LogP contribution is -2.50. The number of halogens is 2. The van der Waals surface area contributed by atoms with Gasteiger partial charge in [0, 0.05) is 48.4 Å². The highest BCUT2D eigenvalue weighted by atomic mass is 35.5. The Morgan fingerprint density at radius 2 is 1.70 bits per heavy atom. The molecule has 194 valence electrons. The first-order chi connectivity index (χ1) is 17.6. The SMILES string of the molecule is Cc1ccc(-c2ccc(C(=O)NC(=S)Nc3ccc(N4CCN(C(=O)C(C)C)CC4)c(Cl)c3)o2)cc1Cl. The maximum Gasteiger partial charge on any atom is 0.293 e. The summed E-state index contributed by atoms with van der Waals surface area (Å²) in [5, 5.41) is 6.90. The van der Waals surface area contributed by atoms with Gasteiger partial charge < -0.3 is 19.5 Å². The number of benzene rings is 2. The van der Waals surface area contributed by atoms with E-state index in [0.717, 1.165) is 16.8 Å². The maximum atomic E-state index is 12.6. The molecule has 2 N–H and O–H groups in total. The molecule has 0 bridgehead atoms. The molecular weight excluding hydrogens is 531 g/mol. The van der Waals surface area contributed by atoms with Gasteiger partial charge in [-0.05, 0) is 61.1 Å². The van der Waals surface area contributed by atoms with E-state index in [9.17, 15) is 9.59 Å². The molecule has 0 aliphatic carbocycles. The number of carbonyl (C=O) groups is 2. The first-order valence-corrected chi connectivity index (χ1v) is 13.1. The van der Waals surface area contributed by atoms with E-state index in [1.807, 2.05) is 49.9 Å². The minimum Gasteiger partial charge on any atom is -0.451 e. The smallest absolute Gasteiger partial charge is 0.293 e. The summed E-state index contributed by atoms with van der Waals surface area (Å²) in [6, 6.07) is 14.4. The molecule has 1 saturated heterocycles. The van der Waals surface area contributed by atoms with Gasteiger partial charge in [-0.25, -0.2) is 0 Å². The van der Waals surface area contributed by atoms with Crippen LogP contribution < -0.4 is 15.5 Å². The summed E-state index contributed by atoms with van der Waals surface area (Å²) >= 11 is 18.1. The Kier molecular flexibility index (Phi) is 8.42. The van der Waals surface area contributed by atoms with Gasteiger partial charge in [-0.1, -0.05) is 49.2 Å². The number of nitrogens with one attached hydrogen (secondary N) is 2. The number of amides is 2. The van der Waals surface area contributed by atoms with Crippen molar-refractivity contribution in [3.8, 4) is 11.3 Å². The number of hydrogen-bond acceptors (Lipinski definition) is 5. The second-order valence-corrected chi connectivity index (χ2v) is 10.4. The summed E-state index contributed by atoms with van der Waals surface area (Å²) in [5.74, 6) is 0.346. The zero-order chi connectivity index (χ0) is 26.7. The summed E-state index contributed by atoms with van der Waals surface area (Å²) in [6.07, 6.45) is 0. The van der Waals surface area contributed by atoms with Crippen molar-refractivity contribution in [2.24, 2.45) is 5.92 Å². The Labute approximate surface area is 231 Å². The van der Waals surface area contributed by atoms with Crippen LogP contribution in [0.2, 0.25) is 10.0 Å². The van der Waals surface area contributed by atoms with Crippen LogP contribution in [0.3, 0.4) is 0 Å². The Balaban J connectivity index is 1.33. The largest absolute Gasteiger partial charge is 0.451 e. The molecule has 10 heteroatoms. The molecule has 1 fully saturated rings. The van der Waals surface area contributed by atoms with Crippen molar-refractivity contribution in [2.45, 2.75) is 20.8 Å². The summed E-state index contributed by atoms with van der Waals surface area (Å²) < 4.78 is 5.71. The van der Waals surface area contributed by atoms with Gasteiger partial charge in [0.1, 0.15) is 5.76 Å². The minimum atomic E-state index is -0.474. The van der Waals surface area contributed by atoms with E-state index in [1.54, 1.807) is 24.3 Å². The van der Waals surface area contributed by atoms with Crippen molar-refractivity contribution in [1.29, 1.82) is 0 Å². The van der Waals surface area contributed by atoms with E-state index >= 15 is 0 Å². The predicted octanol–water partition coefficient (Wildman–Crippen LogP) is 5.99. The van der Waals surface area contributed by atoms with E-state index in [1.165, 1.54) is 0 Å². The van der Waals surface area contributed by atoms with Crippen LogP contribution in [-0.4, -0.2) is 48.0 Å². The van der Waals surface area contributed by atoms with Crippen LogP contribution in [0.5, 0.6) is 0 Å². The Morgan fingerprint density at radius 1 is 0.973 bits per heavy atom. The molecule has 1 aliphatic rings. The summed E-state index contributed by atoms with van der Waals surface area (Å²) in [5.41, 5.74) is 3.26. The Morgan fingerprint density at radius 3 is 2.35 bits per heavy atom. The number of furan rings is 1. The molecule has 0 saturated carbocycles. The van der Waals surface area contributed by atoms with Crippen LogP contribution >= 0.6 is 35.4 Å². The number of piperazine rings is 1. The predicted molar refractivity (Wildman–Crippen MR) is 153 cm³/mol. The first-order valence-electron chi connectivity index (χ1n) is 11.9. The number of anilines is 2. The lowest BCUT2D eigenvalue weighted by atomic mass is 10.1.